The minimum absolute atomic E-state index is 0.199. The van der Waals surface area contributed by atoms with Crippen LogP contribution in [0.15, 0.2) is 60.9 Å². The van der Waals surface area contributed by atoms with E-state index in [1.54, 1.807) is 45.7 Å². The van der Waals surface area contributed by atoms with Crippen LogP contribution in [0.25, 0.3) is 0 Å². The van der Waals surface area contributed by atoms with Gasteiger partial charge in [-0.2, -0.15) is 0 Å². The second-order valence-electron chi connectivity index (χ2n) is 6.17. The monoisotopic (exact) mass is 393 g/mol. The molecule has 150 valence electrons. The number of nitrogens with one attached hydrogen (secondary N) is 2. The first kappa shape index (κ1) is 20.0. The summed E-state index contributed by atoms with van der Waals surface area (Å²) in [7, 11) is 4.66. The Morgan fingerprint density at radius 1 is 0.897 bits per heavy atom. The van der Waals surface area contributed by atoms with Gasteiger partial charge in [-0.05, 0) is 11.6 Å². The molecule has 0 fully saturated rings. The molecule has 0 atom stereocenters. The fraction of sp³-hybridized carbons (Fsp3) is 0.182. The minimum atomic E-state index is -0.199. The van der Waals surface area contributed by atoms with E-state index in [1.165, 1.54) is 6.20 Å². The Morgan fingerprint density at radius 3 is 2.21 bits per heavy atom. The average Bonchev–Trinajstić information content (AvgIpc) is 2.77. The Morgan fingerprint density at radius 2 is 1.59 bits per heavy atom. The summed E-state index contributed by atoms with van der Waals surface area (Å²) < 4.78 is 16.1. The van der Waals surface area contributed by atoms with Gasteiger partial charge in [-0.25, -0.2) is 0 Å². The Labute approximate surface area is 169 Å². The van der Waals surface area contributed by atoms with Gasteiger partial charge in [0.2, 0.25) is 5.75 Å². The van der Waals surface area contributed by atoms with E-state index in [9.17, 15) is 4.79 Å². The van der Waals surface area contributed by atoms with Crippen molar-refractivity contribution in [2.24, 2.45) is 0 Å². The highest BCUT2D eigenvalue weighted by atomic mass is 16.5. The third kappa shape index (κ3) is 4.95. The van der Waals surface area contributed by atoms with E-state index in [0.29, 0.717) is 40.7 Å². The number of benzene rings is 2. The molecule has 0 saturated carbocycles. The van der Waals surface area contributed by atoms with Crippen molar-refractivity contribution in [2.75, 3.05) is 26.6 Å². The molecule has 3 rings (SSSR count). The van der Waals surface area contributed by atoms with Gasteiger partial charge in [0.1, 0.15) is 0 Å². The van der Waals surface area contributed by atoms with Gasteiger partial charge < -0.3 is 24.8 Å². The van der Waals surface area contributed by atoms with Gasteiger partial charge in [0.05, 0.1) is 38.8 Å². The first-order valence-electron chi connectivity index (χ1n) is 8.98. The number of methoxy groups -OCH3 is 3. The SMILES string of the molecule is COc1cc(Nc2cncc(C(=O)NCc3ccccc3)c2)cc(OC)c1OC. The van der Waals surface area contributed by atoms with Gasteiger partial charge in [0, 0.05) is 30.6 Å². The van der Waals surface area contributed by atoms with E-state index >= 15 is 0 Å². The lowest BCUT2D eigenvalue weighted by atomic mass is 10.2. The summed E-state index contributed by atoms with van der Waals surface area (Å²) in [4.78, 5) is 16.6. The summed E-state index contributed by atoms with van der Waals surface area (Å²) in [5.41, 5.74) is 2.86. The predicted octanol–water partition coefficient (Wildman–Crippen LogP) is 3.78. The molecule has 0 aliphatic heterocycles. The quantitative estimate of drug-likeness (QED) is 0.606. The van der Waals surface area contributed by atoms with Crippen molar-refractivity contribution in [3.05, 3.63) is 72.1 Å². The van der Waals surface area contributed by atoms with E-state index in [2.05, 4.69) is 15.6 Å². The third-order valence-corrected chi connectivity index (χ3v) is 4.25. The lowest BCUT2D eigenvalue weighted by Gasteiger charge is -2.15. The lowest BCUT2D eigenvalue weighted by molar-refractivity contribution is 0.0950. The molecule has 0 unspecified atom stereocenters. The highest BCUT2D eigenvalue weighted by Crippen LogP contribution is 2.40. The van der Waals surface area contributed by atoms with Gasteiger partial charge in [-0.15, -0.1) is 0 Å². The van der Waals surface area contributed by atoms with E-state index in [0.717, 1.165) is 5.56 Å². The molecule has 2 aromatic carbocycles. The largest absolute Gasteiger partial charge is 0.493 e. The maximum Gasteiger partial charge on any atom is 0.253 e. The van der Waals surface area contributed by atoms with Crippen molar-refractivity contribution in [2.45, 2.75) is 6.54 Å². The maximum atomic E-state index is 12.5. The van der Waals surface area contributed by atoms with Crippen molar-refractivity contribution in [3.8, 4) is 17.2 Å². The average molecular weight is 393 g/mol. The van der Waals surface area contributed by atoms with Crippen LogP contribution in [0.3, 0.4) is 0 Å². The molecule has 0 radical (unpaired) electrons. The summed E-state index contributed by atoms with van der Waals surface area (Å²) >= 11 is 0. The summed E-state index contributed by atoms with van der Waals surface area (Å²) in [5.74, 6) is 1.36. The number of nitrogens with zero attached hydrogens (tertiary/aromatic N) is 1. The molecule has 7 nitrogen and oxygen atoms in total. The van der Waals surface area contributed by atoms with Crippen LogP contribution in [0.2, 0.25) is 0 Å². The topological polar surface area (TPSA) is 81.7 Å². The van der Waals surface area contributed by atoms with E-state index in [-0.39, 0.29) is 5.91 Å². The molecule has 0 aliphatic carbocycles. The van der Waals surface area contributed by atoms with Gasteiger partial charge >= 0.3 is 0 Å². The number of ether oxygens (including phenoxy) is 3. The molecule has 2 N–H and O–H groups in total. The molecule has 0 spiro atoms. The highest BCUT2D eigenvalue weighted by Gasteiger charge is 2.14. The number of amides is 1. The number of carbonyl (C=O) groups is 1. The van der Waals surface area contributed by atoms with Crippen LogP contribution in [-0.2, 0) is 6.54 Å². The molecule has 1 amide bonds. The number of pyridine rings is 1. The van der Waals surface area contributed by atoms with E-state index in [1.807, 2.05) is 30.3 Å². The number of aromatic nitrogens is 1. The van der Waals surface area contributed by atoms with Crippen molar-refractivity contribution < 1.29 is 19.0 Å². The van der Waals surface area contributed by atoms with Crippen LogP contribution in [0, 0.1) is 0 Å². The first-order valence-corrected chi connectivity index (χ1v) is 8.98. The van der Waals surface area contributed by atoms with Crippen molar-refractivity contribution >= 4 is 17.3 Å². The zero-order valence-corrected chi connectivity index (χ0v) is 16.6. The smallest absolute Gasteiger partial charge is 0.253 e. The normalized spacial score (nSPS) is 10.2. The molecular weight excluding hydrogens is 370 g/mol. The van der Waals surface area contributed by atoms with Crippen LogP contribution in [-0.4, -0.2) is 32.2 Å². The molecular formula is C22H23N3O4. The molecule has 1 heterocycles. The molecule has 3 aromatic rings. The Hall–Kier alpha value is -3.74. The van der Waals surface area contributed by atoms with Crippen molar-refractivity contribution in [1.29, 1.82) is 0 Å². The Kier molecular flexibility index (Phi) is 6.52. The van der Waals surface area contributed by atoms with Crippen molar-refractivity contribution in [3.63, 3.8) is 0 Å². The summed E-state index contributed by atoms with van der Waals surface area (Å²) in [6.07, 6.45) is 3.16. The second kappa shape index (κ2) is 9.45. The molecule has 7 heteroatoms. The minimum Gasteiger partial charge on any atom is -0.493 e. The predicted molar refractivity (Wildman–Crippen MR) is 111 cm³/mol. The van der Waals surface area contributed by atoms with Crippen LogP contribution < -0.4 is 24.8 Å². The summed E-state index contributed by atoms with van der Waals surface area (Å²) in [5, 5.41) is 6.11. The summed E-state index contributed by atoms with van der Waals surface area (Å²) in [6.45, 7) is 0.449. The standard InChI is InChI=1S/C22H23N3O4/c1-27-19-10-17(11-20(28-2)21(19)29-3)25-18-9-16(13-23-14-18)22(26)24-12-15-7-5-4-6-8-15/h4-11,13-14,25H,12H2,1-3H3,(H,24,26). The van der Waals surface area contributed by atoms with Crippen LogP contribution in [0.5, 0.6) is 17.2 Å². The van der Waals surface area contributed by atoms with E-state index in [4.69, 9.17) is 14.2 Å². The van der Waals surface area contributed by atoms with Crippen LogP contribution in [0.1, 0.15) is 15.9 Å². The third-order valence-electron chi connectivity index (χ3n) is 4.25. The maximum absolute atomic E-state index is 12.5. The number of anilines is 2. The van der Waals surface area contributed by atoms with Gasteiger partial charge in [0.15, 0.2) is 11.5 Å². The molecule has 0 bridgehead atoms. The zero-order valence-electron chi connectivity index (χ0n) is 16.6. The van der Waals surface area contributed by atoms with Crippen LogP contribution >= 0.6 is 0 Å². The number of carbonyl (C=O) groups excluding carboxylic acids is 1. The van der Waals surface area contributed by atoms with E-state index < -0.39 is 0 Å². The van der Waals surface area contributed by atoms with Crippen LogP contribution in [0.4, 0.5) is 11.4 Å². The second-order valence-corrected chi connectivity index (χ2v) is 6.17. The Bertz CT molecular complexity index is 952. The summed E-state index contributed by atoms with van der Waals surface area (Å²) in [6, 6.07) is 15.0. The van der Waals surface area contributed by atoms with Gasteiger partial charge in [-0.1, -0.05) is 30.3 Å². The zero-order chi connectivity index (χ0) is 20.6. The highest BCUT2D eigenvalue weighted by molar-refractivity contribution is 5.94. The molecule has 0 saturated heterocycles. The Balaban J connectivity index is 1.75. The lowest BCUT2D eigenvalue weighted by Crippen LogP contribution is -2.22. The van der Waals surface area contributed by atoms with Gasteiger partial charge in [-0.3, -0.25) is 9.78 Å². The molecule has 0 aliphatic rings. The fourth-order valence-electron chi connectivity index (χ4n) is 2.83. The van der Waals surface area contributed by atoms with Gasteiger partial charge in [0.25, 0.3) is 5.91 Å². The number of hydrogen-bond acceptors (Lipinski definition) is 6. The molecule has 29 heavy (non-hydrogen) atoms. The molecule has 1 aromatic heterocycles. The first-order chi connectivity index (χ1) is 14.1. The van der Waals surface area contributed by atoms with Crippen molar-refractivity contribution in [1.82, 2.24) is 10.3 Å². The fourth-order valence-corrected chi connectivity index (χ4v) is 2.83. The number of rotatable bonds is 8. The number of hydrogen-bond donors (Lipinski definition) is 2.